The zero-order chi connectivity index (χ0) is 13.1. The van der Waals surface area contributed by atoms with Gasteiger partial charge in [0.2, 0.25) is 5.91 Å². The summed E-state index contributed by atoms with van der Waals surface area (Å²) < 4.78 is 0. The molecule has 0 aliphatic heterocycles. The van der Waals surface area contributed by atoms with Crippen molar-refractivity contribution in [3.63, 3.8) is 0 Å². The summed E-state index contributed by atoms with van der Waals surface area (Å²) in [6.07, 6.45) is 3.40. The van der Waals surface area contributed by atoms with Gasteiger partial charge in [-0.05, 0) is 43.5 Å². The molecule has 2 rings (SSSR count). The molecule has 1 aliphatic rings. The fourth-order valence-corrected chi connectivity index (χ4v) is 2.67. The summed E-state index contributed by atoms with van der Waals surface area (Å²) in [4.78, 5) is 11.2. The average molecular weight is 268 g/mol. The molecule has 1 fully saturated rings. The van der Waals surface area contributed by atoms with Crippen LogP contribution in [0.2, 0.25) is 5.02 Å². The number of anilines is 1. The number of hydrogen-bond acceptors (Lipinski definition) is 3. The van der Waals surface area contributed by atoms with Gasteiger partial charge in [0.1, 0.15) is 0 Å². The Hall–Kier alpha value is -1.26. The minimum absolute atomic E-state index is 0.329. The maximum absolute atomic E-state index is 11.2. The van der Waals surface area contributed by atoms with Crippen molar-refractivity contribution in [1.82, 2.24) is 0 Å². The highest BCUT2D eigenvalue weighted by Gasteiger charge is 2.26. The fourth-order valence-electron chi connectivity index (χ4n) is 2.50. The number of nitrogens with two attached hydrogens (primary N) is 2. The lowest BCUT2D eigenvalue weighted by Gasteiger charge is -2.21. The zero-order valence-electron chi connectivity index (χ0n) is 10.2. The second-order valence-electron chi connectivity index (χ2n) is 4.74. The molecule has 5 heteroatoms. The molecule has 1 amide bonds. The van der Waals surface area contributed by atoms with Crippen LogP contribution in [0.15, 0.2) is 18.2 Å². The summed E-state index contributed by atoms with van der Waals surface area (Å²) in [6, 6.07) is 5.35. The van der Waals surface area contributed by atoms with Gasteiger partial charge in [-0.1, -0.05) is 18.0 Å². The number of rotatable bonds is 4. The number of carbonyl (C=O) groups excluding carboxylic acids is 1. The van der Waals surface area contributed by atoms with Gasteiger partial charge in [0.05, 0.1) is 10.7 Å². The first kappa shape index (κ1) is 13.2. The maximum Gasteiger partial charge on any atom is 0.248 e. The van der Waals surface area contributed by atoms with E-state index in [1.807, 2.05) is 0 Å². The Morgan fingerprint density at radius 1 is 1.44 bits per heavy atom. The van der Waals surface area contributed by atoms with E-state index in [-0.39, 0.29) is 0 Å². The molecule has 1 aromatic rings. The van der Waals surface area contributed by atoms with Gasteiger partial charge in [0.15, 0.2) is 0 Å². The first-order valence-corrected chi connectivity index (χ1v) is 6.55. The first-order chi connectivity index (χ1) is 8.61. The molecule has 98 valence electrons. The number of nitrogens with one attached hydrogen (secondary N) is 1. The van der Waals surface area contributed by atoms with Crippen LogP contribution in [-0.4, -0.2) is 18.5 Å². The predicted molar refractivity (Wildman–Crippen MR) is 73.8 cm³/mol. The van der Waals surface area contributed by atoms with Crippen molar-refractivity contribution < 1.29 is 4.79 Å². The molecular weight excluding hydrogens is 250 g/mol. The van der Waals surface area contributed by atoms with Crippen molar-refractivity contribution in [2.24, 2.45) is 17.4 Å². The molecule has 0 saturated heterocycles. The predicted octanol–water partition coefficient (Wildman–Crippen LogP) is 1.98. The quantitative estimate of drug-likeness (QED) is 0.780. The first-order valence-electron chi connectivity index (χ1n) is 6.17. The second-order valence-corrected chi connectivity index (χ2v) is 5.14. The van der Waals surface area contributed by atoms with Crippen molar-refractivity contribution in [3.05, 3.63) is 28.8 Å². The number of amides is 1. The van der Waals surface area contributed by atoms with E-state index in [9.17, 15) is 4.79 Å². The van der Waals surface area contributed by atoms with Crippen LogP contribution in [0.5, 0.6) is 0 Å². The Morgan fingerprint density at radius 3 is 2.89 bits per heavy atom. The number of benzene rings is 1. The van der Waals surface area contributed by atoms with E-state index >= 15 is 0 Å². The molecule has 5 N–H and O–H groups in total. The molecule has 1 aliphatic carbocycles. The molecule has 0 spiro atoms. The fraction of sp³-hybridized carbons (Fsp3) is 0.462. The Morgan fingerprint density at radius 2 is 2.22 bits per heavy atom. The van der Waals surface area contributed by atoms with Crippen LogP contribution in [0.1, 0.15) is 29.6 Å². The van der Waals surface area contributed by atoms with Crippen LogP contribution in [0.4, 0.5) is 5.69 Å². The third kappa shape index (κ3) is 2.76. The lowest BCUT2D eigenvalue weighted by molar-refractivity contribution is 0.100. The molecule has 0 bridgehead atoms. The van der Waals surface area contributed by atoms with Crippen molar-refractivity contribution >= 4 is 23.2 Å². The molecule has 18 heavy (non-hydrogen) atoms. The number of primary amides is 1. The summed E-state index contributed by atoms with van der Waals surface area (Å²) in [7, 11) is 0. The molecule has 2 unspecified atom stereocenters. The number of carbonyl (C=O) groups is 1. The minimum atomic E-state index is -0.448. The largest absolute Gasteiger partial charge is 0.381 e. The van der Waals surface area contributed by atoms with E-state index in [0.29, 0.717) is 29.1 Å². The lowest BCUT2D eigenvalue weighted by atomic mass is 10.0. The standard InChI is InChI=1S/C13H18ClN3O/c14-10-5-4-8(13(16)18)6-12(10)17-11-3-1-2-9(11)7-15/h4-6,9,11,17H,1-3,7,15H2,(H2,16,18). The molecule has 0 heterocycles. The SMILES string of the molecule is NCC1CCCC1Nc1cc(C(N)=O)ccc1Cl. The van der Waals surface area contributed by atoms with Crippen molar-refractivity contribution in [1.29, 1.82) is 0 Å². The zero-order valence-corrected chi connectivity index (χ0v) is 10.9. The number of halogens is 1. The second kappa shape index (κ2) is 5.59. The van der Waals surface area contributed by atoms with Crippen LogP contribution >= 0.6 is 11.6 Å². The molecular formula is C13H18ClN3O. The van der Waals surface area contributed by atoms with Gasteiger partial charge in [-0.2, -0.15) is 0 Å². The van der Waals surface area contributed by atoms with Crippen LogP contribution in [0, 0.1) is 5.92 Å². The van der Waals surface area contributed by atoms with Crippen molar-refractivity contribution in [2.75, 3.05) is 11.9 Å². The normalized spacial score (nSPS) is 23.0. The topological polar surface area (TPSA) is 81.1 Å². The van der Waals surface area contributed by atoms with Crippen LogP contribution in [-0.2, 0) is 0 Å². The minimum Gasteiger partial charge on any atom is -0.381 e. The highest BCUT2D eigenvalue weighted by molar-refractivity contribution is 6.33. The summed E-state index contributed by atoms with van der Waals surface area (Å²) in [5.41, 5.74) is 12.2. The Balaban J connectivity index is 2.17. The highest BCUT2D eigenvalue weighted by atomic mass is 35.5. The molecule has 1 saturated carbocycles. The summed E-state index contributed by atoms with van der Waals surface area (Å²) in [6.45, 7) is 0.671. The summed E-state index contributed by atoms with van der Waals surface area (Å²) in [5.74, 6) is 0.0230. The van der Waals surface area contributed by atoms with Gasteiger partial charge in [-0.25, -0.2) is 0 Å². The molecule has 1 aromatic carbocycles. The van der Waals surface area contributed by atoms with E-state index in [0.717, 1.165) is 18.5 Å². The van der Waals surface area contributed by atoms with Crippen LogP contribution < -0.4 is 16.8 Å². The molecule has 2 atom stereocenters. The van der Waals surface area contributed by atoms with Crippen LogP contribution in [0.3, 0.4) is 0 Å². The summed E-state index contributed by atoms with van der Waals surface area (Å²) >= 11 is 6.12. The Kier molecular flexibility index (Phi) is 4.09. The summed E-state index contributed by atoms with van der Waals surface area (Å²) in [5, 5.41) is 3.99. The van der Waals surface area contributed by atoms with Crippen LogP contribution in [0.25, 0.3) is 0 Å². The van der Waals surface area contributed by atoms with E-state index in [4.69, 9.17) is 23.1 Å². The van der Waals surface area contributed by atoms with E-state index in [1.54, 1.807) is 18.2 Å². The third-order valence-electron chi connectivity index (χ3n) is 3.55. The Bertz CT molecular complexity index is 450. The van der Waals surface area contributed by atoms with Gasteiger partial charge in [0, 0.05) is 11.6 Å². The van der Waals surface area contributed by atoms with Gasteiger partial charge in [-0.3, -0.25) is 4.79 Å². The van der Waals surface area contributed by atoms with Gasteiger partial charge >= 0.3 is 0 Å². The monoisotopic (exact) mass is 267 g/mol. The number of hydrogen-bond donors (Lipinski definition) is 3. The van der Waals surface area contributed by atoms with E-state index in [1.165, 1.54) is 6.42 Å². The highest BCUT2D eigenvalue weighted by Crippen LogP contribution is 2.31. The smallest absolute Gasteiger partial charge is 0.248 e. The van der Waals surface area contributed by atoms with Gasteiger partial charge in [0.25, 0.3) is 0 Å². The van der Waals surface area contributed by atoms with Crippen molar-refractivity contribution in [3.8, 4) is 0 Å². The van der Waals surface area contributed by atoms with Crippen molar-refractivity contribution in [2.45, 2.75) is 25.3 Å². The molecule has 0 aromatic heterocycles. The maximum atomic E-state index is 11.2. The Labute approximate surface area is 112 Å². The molecule has 4 nitrogen and oxygen atoms in total. The molecule has 0 radical (unpaired) electrons. The average Bonchev–Trinajstić information content (AvgIpc) is 2.79. The lowest BCUT2D eigenvalue weighted by Crippen LogP contribution is -2.29. The van der Waals surface area contributed by atoms with Gasteiger partial charge < -0.3 is 16.8 Å². The third-order valence-corrected chi connectivity index (χ3v) is 3.88. The van der Waals surface area contributed by atoms with E-state index in [2.05, 4.69) is 5.32 Å². The van der Waals surface area contributed by atoms with E-state index < -0.39 is 5.91 Å². The van der Waals surface area contributed by atoms with Gasteiger partial charge in [-0.15, -0.1) is 0 Å².